The standard InChI is InChI=1S/C19H25F2N3O3S/c1-11(2)28(25,26)24-14-7-4-12(5-8-14)18-17(21)19(23-22-18)13-6-9-15(20)16(10-13)27-3/h6,9-12,14,24H,4-5,7-8H2,1-3H3,(H,22,23)/t12-,14-. The summed E-state index contributed by atoms with van der Waals surface area (Å²) in [5.41, 5.74) is 0.955. The average Bonchev–Trinajstić information content (AvgIpc) is 3.04. The third kappa shape index (κ3) is 4.20. The molecule has 154 valence electrons. The van der Waals surface area contributed by atoms with Crippen LogP contribution in [0.2, 0.25) is 0 Å². The molecule has 9 heteroatoms. The lowest BCUT2D eigenvalue weighted by molar-refractivity contribution is 0.362. The van der Waals surface area contributed by atoms with E-state index in [0.717, 1.165) is 0 Å². The minimum Gasteiger partial charge on any atom is -0.494 e. The minimum atomic E-state index is -3.32. The van der Waals surface area contributed by atoms with Crippen molar-refractivity contribution >= 4 is 10.0 Å². The Morgan fingerprint density at radius 1 is 1.21 bits per heavy atom. The van der Waals surface area contributed by atoms with Crippen molar-refractivity contribution in [1.82, 2.24) is 14.9 Å². The van der Waals surface area contributed by atoms with Crippen molar-refractivity contribution in [3.05, 3.63) is 35.5 Å². The van der Waals surface area contributed by atoms with E-state index in [1.807, 2.05) is 0 Å². The summed E-state index contributed by atoms with van der Waals surface area (Å²) in [6.45, 7) is 3.28. The number of H-pyrrole nitrogens is 1. The van der Waals surface area contributed by atoms with Crippen molar-refractivity contribution in [3.8, 4) is 17.0 Å². The van der Waals surface area contributed by atoms with Crippen LogP contribution in [-0.4, -0.2) is 37.0 Å². The van der Waals surface area contributed by atoms with Gasteiger partial charge in [-0.05, 0) is 57.7 Å². The topological polar surface area (TPSA) is 84.1 Å². The van der Waals surface area contributed by atoms with Gasteiger partial charge in [-0.2, -0.15) is 5.10 Å². The maximum absolute atomic E-state index is 15.0. The molecule has 0 spiro atoms. The smallest absolute Gasteiger partial charge is 0.214 e. The molecule has 3 rings (SSSR count). The van der Waals surface area contributed by atoms with Gasteiger partial charge in [0.25, 0.3) is 0 Å². The Bertz CT molecular complexity index is 936. The quantitative estimate of drug-likeness (QED) is 0.756. The van der Waals surface area contributed by atoms with Gasteiger partial charge >= 0.3 is 0 Å². The molecular formula is C19H25F2N3O3S. The second kappa shape index (κ2) is 8.16. The Hall–Kier alpha value is -2.00. The van der Waals surface area contributed by atoms with Gasteiger partial charge in [-0.1, -0.05) is 0 Å². The molecule has 6 nitrogen and oxygen atoms in total. The average molecular weight is 413 g/mol. The predicted octanol–water partition coefficient (Wildman–Crippen LogP) is 3.72. The summed E-state index contributed by atoms with van der Waals surface area (Å²) in [5.74, 6) is -1.02. The first-order valence-corrected chi connectivity index (χ1v) is 10.9. The van der Waals surface area contributed by atoms with Gasteiger partial charge in [-0.25, -0.2) is 21.9 Å². The van der Waals surface area contributed by atoms with E-state index in [0.29, 0.717) is 36.9 Å². The fourth-order valence-corrected chi connectivity index (χ4v) is 4.45. The van der Waals surface area contributed by atoms with E-state index < -0.39 is 26.9 Å². The van der Waals surface area contributed by atoms with E-state index in [2.05, 4.69) is 14.9 Å². The summed E-state index contributed by atoms with van der Waals surface area (Å²) in [5, 5.41) is 6.37. The summed E-state index contributed by atoms with van der Waals surface area (Å²) >= 11 is 0. The van der Waals surface area contributed by atoms with Crippen LogP contribution in [-0.2, 0) is 10.0 Å². The van der Waals surface area contributed by atoms with Crippen LogP contribution in [0.3, 0.4) is 0 Å². The fraction of sp³-hybridized carbons (Fsp3) is 0.526. The molecule has 1 saturated carbocycles. The zero-order valence-electron chi connectivity index (χ0n) is 16.1. The summed E-state index contributed by atoms with van der Waals surface area (Å²) in [7, 11) is -1.97. The zero-order chi connectivity index (χ0) is 20.5. The number of halogens is 2. The van der Waals surface area contributed by atoms with Gasteiger partial charge in [-0.3, -0.25) is 5.10 Å². The fourth-order valence-electron chi connectivity index (χ4n) is 3.48. The van der Waals surface area contributed by atoms with E-state index >= 15 is 0 Å². The number of sulfonamides is 1. The highest BCUT2D eigenvalue weighted by atomic mass is 32.2. The molecule has 2 aromatic rings. The molecule has 0 bridgehead atoms. The number of rotatable bonds is 6. The van der Waals surface area contributed by atoms with Crippen molar-refractivity contribution in [2.45, 2.75) is 56.7 Å². The van der Waals surface area contributed by atoms with Gasteiger partial charge in [0.2, 0.25) is 10.0 Å². The Morgan fingerprint density at radius 3 is 2.50 bits per heavy atom. The van der Waals surface area contributed by atoms with Gasteiger partial charge in [0.15, 0.2) is 17.4 Å². The Kier molecular flexibility index (Phi) is 6.04. The van der Waals surface area contributed by atoms with Crippen LogP contribution in [0.25, 0.3) is 11.3 Å². The highest BCUT2D eigenvalue weighted by molar-refractivity contribution is 7.90. The normalized spacial score (nSPS) is 20.5. The van der Waals surface area contributed by atoms with Crippen LogP contribution in [0, 0.1) is 11.6 Å². The SMILES string of the molecule is COc1cc(-c2n[nH]c([C@H]3CC[C@H](NS(=O)(=O)C(C)C)CC3)c2F)ccc1F. The van der Waals surface area contributed by atoms with E-state index in [-0.39, 0.29) is 23.4 Å². The first kappa shape index (κ1) is 20.7. The van der Waals surface area contributed by atoms with E-state index in [4.69, 9.17) is 4.74 Å². The summed E-state index contributed by atoms with van der Waals surface area (Å²) in [6.07, 6.45) is 2.57. The molecule has 1 aliphatic carbocycles. The summed E-state index contributed by atoms with van der Waals surface area (Å²) in [4.78, 5) is 0. The number of nitrogens with zero attached hydrogens (tertiary/aromatic N) is 1. The number of aromatic nitrogens is 2. The molecule has 0 aliphatic heterocycles. The Morgan fingerprint density at radius 2 is 1.89 bits per heavy atom. The van der Waals surface area contributed by atoms with Crippen LogP contribution in [0.4, 0.5) is 8.78 Å². The van der Waals surface area contributed by atoms with Crippen LogP contribution < -0.4 is 9.46 Å². The van der Waals surface area contributed by atoms with Crippen LogP contribution >= 0.6 is 0 Å². The molecule has 1 aliphatic rings. The molecule has 28 heavy (non-hydrogen) atoms. The lowest BCUT2D eigenvalue weighted by Gasteiger charge is -2.28. The molecule has 1 heterocycles. The number of benzene rings is 1. The lowest BCUT2D eigenvalue weighted by atomic mass is 9.84. The van der Waals surface area contributed by atoms with Gasteiger partial charge in [0.05, 0.1) is 18.1 Å². The predicted molar refractivity (Wildman–Crippen MR) is 103 cm³/mol. The first-order valence-electron chi connectivity index (χ1n) is 9.31. The van der Waals surface area contributed by atoms with Gasteiger partial charge in [0.1, 0.15) is 5.69 Å². The van der Waals surface area contributed by atoms with Crippen LogP contribution in [0.15, 0.2) is 18.2 Å². The van der Waals surface area contributed by atoms with Gasteiger partial charge in [0, 0.05) is 17.5 Å². The molecule has 0 unspecified atom stereocenters. The second-order valence-corrected chi connectivity index (χ2v) is 9.68. The number of hydrogen-bond donors (Lipinski definition) is 2. The number of ether oxygens (including phenoxy) is 1. The molecular weight excluding hydrogens is 388 g/mol. The molecule has 1 aromatic carbocycles. The number of methoxy groups -OCH3 is 1. The van der Waals surface area contributed by atoms with Gasteiger partial charge < -0.3 is 4.74 Å². The molecule has 0 radical (unpaired) electrons. The van der Waals surface area contributed by atoms with Crippen molar-refractivity contribution in [1.29, 1.82) is 0 Å². The van der Waals surface area contributed by atoms with Crippen LogP contribution in [0.1, 0.15) is 51.1 Å². The third-order valence-electron chi connectivity index (χ3n) is 5.24. The molecule has 0 atom stereocenters. The molecule has 1 fully saturated rings. The Labute approximate surface area is 163 Å². The van der Waals surface area contributed by atoms with Crippen molar-refractivity contribution in [2.75, 3.05) is 7.11 Å². The monoisotopic (exact) mass is 413 g/mol. The third-order valence-corrected chi connectivity index (χ3v) is 7.15. The second-order valence-electron chi connectivity index (χ2n) is 7.41. The maximum atomic E-state index is 15.0. The Balaban J connectivity index is 1.72. The minimum absolute atomic E-state index is 0.0272. The number of hydrogen-bond acceptors (Lipinski definition) is 4. The van der Waals surface area contributed by atoms with Crippen molar-refractivity contribution in [2.24, 2.45) is 0 Å². The molecule has 1 aromatic heterocycles. The first-order chi connectivity index (χ1) is 13.2. The molecule has 0 saturated heterocycles. The number of nitrogens with one attached hydrogen (secondary N) is 2. The summed E-state index contributed by atoms with van der Waals surface area (Å²) < 4.78 is 60.3. The van der Waals surface area contributed by atoms with E-state index in [9.17, 15) is 17.2 Å². The van der Waals surface area contributed by atoms with Gasteiger partial charge in [-0.15, -0.1) is 0 Å². The maximum Gasteiger partial charge on any atom is 0.214 e. The van der Waals surface area contributed by atoms with E-state index in [1.54, 1.807) is 13.8 Å². The molecule has 2 N–H and O–H groups in total. The summed E-state index contributed by atoms with van der Waals surface area (Å²) in [6, 6.07) is 3.96. The lowest BCUT2D eigenvalue weighted by Crippen LogP contribution is -2.40. The number of aromatic amines is 1. The molecule has 0 amide bonds. The highest BCUT2D eigenvalue weighted by Crippen LogP contribution is 2.36. The van der Waals surface area contributed by atoms with Crippen molar-refractivity contribution in [3.63, 3.8) is 0 Å². The van der Waals surface area contributed by atoms with Crippen LogP contribution in [0.5, 0.6) is 5.75 Å². The van der Waals surface area contributed by atoms with E-state index in [1.165, 1.54) is 25.3 Å². The largest absolute Gasteiger partial charge is 0.494 e. The van der Waals surface area contributed by atoms with Crippen molar-refractivity contribution < 1.29 is 21.9 Å². The zero-order valence-corrected chi connectivity index (χ0v) is 16.9. The highest BCUT2D eigenvalue weighted by Gasteiger charge is 2.30.